The number of aromatic nitrogens is 1. The third-order valence-corrected chi connectivity index (χ3v) is 6.52. The summed E-state index contributed by atoms with van der Waals surface area (Å²) in [6.07, 6.45) is 4.87. The Labute approximate surface area is 176 Å². The van der Waals surface area contributed by atoms with E-state index in [4.69, 9.17) is 0 Å². The quantitative estimate of drug-likeness (QED) is 0.689. The Morgan fingerprint density at radius 3 is 2.63 bits per heavy atom. The van der Waals surface area contributed by atoms with E-state index >= 15 is 0 Å². The standard InChI is InChI=1S/C21H30N6O3/c1-15(27-19(29)21(24-20(27)30)6-3-4-7-21)18(28)23-14-16-5-8-22-17(13-16)26-11-9-25(2)10-12-26/h5,8,13,15H,3-4,6-7,9-12,14H2,1-2H3,(H,23,28)(H,24,30). The van der Waals surface area contributed by atoms with Gasteiger partial charge in [-0.1, -0.05) is 12.8 Å². The number of nitrogens with one attached hydrogen (secondary N) is 2. The molecule has 162 valence electrons. The maximum atomic E-state index is 12.8. The maximum absolute atomic E-state index is 12.8. The lowest BCUT2D eigenvalue weighted by atomic mass is 9.97. The summed E-state index contributed by atoms with van der Waals surface area (Å²) in [5.41, 5.74) is 0.137. The molecule has 1 aromatic heterocycles. The minimum Gasteiger partial charge on any atom is -0.354 e. The number of hydrogen-bond acceptors (Lipinski definition) is 6. The molecule has 9 nitrogen and oxygen atoms in total. The van der Waals surface area contributed by atoms with Gasteiger partial charge in [0.25, 0.3) is 5.91 Å². The van der Waals surface area contributed by atoms with Crippen molar-refractivity contribution in [3.63, 3.8) is 0 Å². The highest BCUT2D eigenvalue weighted by Gasteiger charge is 2.54. The van der Waals surface area contributed by atoms with Gasteiger partial charge in [0.05, 0.1) is 0 Å². The first-order chi connectivity index (χ1) is 14.4. The first-order valence-electron chi connectivity index (χ1n) is 10.7. The average Bonchev–Trinajstić information content (AvgIpc) is 3.31. The Morgan fingerprint density at radius 2 is 1.93 bits per heavy atom. The largest absolute Gasteiger partial charge is 0.354 e. The number of rotatable bonds is 5. The molecule has 3 fully saturated rings. The lowest BCUT2D eigenvalue weighted by molar-refractivity contribution is -0.137. The number of amides is 4. The number of imide groups is 1. The van der Waals surface area contributed by atoms with Crippen LogP contribution in [-0.4, -0.2) is 77.4 Å². The molecule has 9 heteroatoms. The molecule has 1 aliphatic carbocycles. The minimum absolute atomic E-state index is 0.270. The van der Waals surface area contributed by atoms with E-state index in [1.807, 2.05) is 12.1 Å². The van der Waals surface area contributed by atoms with Crippen LogP contribution in [0.15, 0.2) is 18.3 Å². The van der Waals surface area contributed by atoms with Crippen molar-refractivity contribution in [3.05, 3.63) is 23.9 Å². The number of carbonyl (C=O) groups is 3. The molecule has 1 aromatic rings. The van der Waals surface area contributed by atoms with Gasteiger partial charge in [0.15, 0.2) is 0 Å². The van der Waals surface area contributed by atoms with E-state index < -0.39 is 17.6 Å². The summed E-state index contributed by atoms with van der Waals surface area (Å²) in [6.45, 7) is 5.75. The van der Waals surface area contributed by atoms with Gasteiger partial charge in [0.2, 0.25) is 5.91 Å². The zero-order valence-electron chi connectivity index (χ0n) is 17.7. The summed E-state index contributed by atoms with van der Waals surface area (Å²) in [6, 6.07) is 2.53. The first kappa shape index (κ1) is 20.6. The van der Waals surface area contributed by atoms with Gasteiger partial charge >= 0.3 is 6.03 Å². The predicted octanol–water partition coefficient (Wildman–Crippen LogP) is 0.703. The number of pyridine rings is 1. The van der Waals surface area contributed by atoms with E-state index in [0.29, 0.717) is 19.4 Å². The molecule has 0 bridgehead atoms. The molecule has 2 aliphatic heterocycles. The van der Waals surface area contributed by atoms with Gasteiger partial charge in [-0.2, -0.15) is 0 Å². The fourth-order valence-corrected chi connectivity index (χ4v) is 4.54. The smallest absolute Gasteiger partial charge is 0.325 e. The molecule has 2 saturated heterocycles. The Morgan fingerprint density at radius 1 is 1.23 bits per heavy atom. The van der Waals surface area contributed by atoms with E-state index in [1.54, 1.807) is 13.1 Å². The summed E-state index contributed by atoms with van der Waals surface area (Å²) in [4.78, 5) is 48.0. The van der Waals surface area contributed by atoms with Crippen LogP contribution in [0.25, 0.3) is 0 Å². The normalized spacial score (nSPS) is 22.5. The van der Waals surface area contributed by atoms with E-state index in [2.05, 4.69) is 32.5 Å². The van der Waals surface area contributed by atoms with Crippen LogP contribution in [0.5, 0.6) is 0 Å². The molecule has 1 unspecified atom stereocenters. The molecule has 4 rings (SSSR count). The van der Waals surface area contributed by atoms with Crippen molar-refractivity contribution in [1.29, 1.82) is 0 Å². The van der Waals surface area contributed by atoms with Crippen LogP contribution < -0.4 is 15.5 Å². The van der Waals surface area contributed by atoms with Crippen LogP contribution in [0.3, 0.4) is 0 Å². The number of hydrogen-bond donors (Lipinski definition) is 2. The third kappa shape index (κ3) is 3.86. The van der Waals surface area contributed by atoms with E-state index in [-0.39, 0.29) is 11.8 Å². The highest BCUT2D eigenvalue weighted by Crippen LogP contribution is 2.35. The highest BCUT2D eigenvalue weighted by atomic mass is 16.2. The molecular weight excluding hydrogens is 384 g/mol. The van der Waals surface area contributed by atoms with Crippen molar-refractivity contribution < 1.29 is 14.4 Å². The van der Waals surface area contributed by atoms with Gasteiger partial charge in [0.1, 0.15) is 17.4 Å². The van der Waals surface area contributed by atoms with Gasteiger partial charge < -0.3 is 20.4 Å². The molecule has 4 amide bonds. The van der Waals surface area contributed by atoms with Gasteiger partial charge in [-0.3, -0.25) is 9.59 Å². The van der Waals surface area contributed by atoms with Crippen molar-refractivity contribution in [3.8, 4) is 0 Å². The van der Waals surface area contributed by atoms with Gasteiger partial charge in [-0.05, 0) is 44.5 Å². The number of piperazine rings is 1. The van der Waals surface area contributed by atoms with Gasteiger partial charge in [-0.15, -0.1) is 0 Å². The van der Waals surface area contributed by atoms with Crippen molar-refractivity contribution >= 4 is 23.7 Å². The van der Waals surface area contributed by atoms with Gasteiger partial charge in [-0.25, -0.2) is 14.7 Å². The van der Waals surface area contributed by atoms with Crippen LogP contribution >= 0.6 is 0 Å². The Bertz CT molecular complexity index is 830. The van der Waals surface area contributed by atoms with Crippen molar-refractivity contribution in [2.45, 2.75) is 50.7 Å². The van der Waals surface area contributed by atoms with Crippen LogP contribution in [0, 0.1) is 0 Å². The van der Waals surface area contributed by atoms with E-state index in [0.717, 1.165) is 55.3 Å². The summed E-state index contributed by atoms with van der Waals surface area (Å²) in [5, 5.41) is 5.69. The number of urea groups is 1. The molecule has 3 aliphatic rings. The van der Waals surface area contributed by atoms with Crippen LogP contribution in [0.1, 0.15) is 38.2 Å². The van der Waals surface area contributed by atoms with Crippen molar-refractivity contribution in [2.24, 2.45) is 0 Å². The predicted molar refractivity (Wildman–Crippen MR) is 112 cm³/mol. The second-order valence-electron chi connectivity index (χ2n) is 8.60. The molecular formula is C21H30N6O3. The summed E-state index contributed by atoms with van der Waals surface area (Å²) in [5.74, 6) is 0.292. The second kappa shape index (κ2) is 8.22. The van der Waals surface area contributed by atoms with Crippen LogP contribution in [0.4, 0.5) is 10.6 Å². The lowest BCUT2D eigenvalue weighted by Gasteiger charge is -2.33. The topological polar surface area (TPSA) is 97.9 Å². The zero-order chi connectivity index (χ0) is 21.3. The highest BCUT2D eigenvalue weighted by molar-refractivity contribution is 6.09. The SMILES string of the molecule is CC(C(=O)NCc1ccnc(N2CCN(C)CC2)c1)N1C(=O)NC2(CCCC2)C1=O. The summed E-state index contributed by atoms with van der Waals surface area (Å²) >= 11 is 0. The molecule has 30 heavy (non-hydrogen) atoms. The molecule has 0 radical (unpaired) electrons. The van der Waals surface area contributed by atoms with Crippen LogP contribution in [-0.2, 0) is 16.1 Å². The molecule has 3 heterocycles. The number of nitrogens with zero attached hydrogens (tertiary/aromatic N) is 4. The molecule has 1 saturated carbocycles. The number of likely N-dealkylation sites (N-methyl/N-ethyl adjacent to an activating group) is 1. The summed E-state index contributed by atoms with van der Waals surface area (Å²) < 4.78 is 0. The molecule has 0 aromatic carbocycles. The number of anilines is 1. The van der Waals surface area contributed by atoms with Gasteiger partial charge in [0, 0.05) is 38.9 Å². The second-order valence-corrected chi connectivity index (χ2v) is 8.60. The van der Waals surface area contributed by atoms with Crippen molar-refractivity contribution in [1.82, 2.24) is 25.4 Å². The maximum Gasteiger partial charge on any atom is 0.325 e. The Hall–Kier alpha value is -2.68. The Balaban J connectivity index is 1.36. The first-order valence-corrected chi connectivity index (χ1v) is 10.7. The minimum atomic E-state index is -0.851. The zero-order valence-corrected chi connectivity index (χ0v) is 17.7. The van der Waals surface area contributed by atoms with E-state index in [9.17, 15) is 14.4 Å². The lowest BCUT2D eigenvalue weighted by Crippen LogP contribution is -2.49. The fourth-order valence-electron chi connectivity index (χ4n) is 4.54. The molecule has 1 spiro atoms. The number of carbonyl (C=O) groups excluding carboxylic acids is 3. The molecule has 1 atom stereocenters. The third-order valence-electron chi connectivity index (χ3n) is 6.52. The fraction of sp³-hybridized carbons (Fsp3) is 0.619. The monoisotopic (exact) mass is 414 g/mol. The summed E-state index contributed by atoms with van der Waals surface area (Å²) in [7, 11) is 2.11. The van der Waals surface area contributed by atoms with E-state index in [1.165, 1.54) is 0 Å². The average molecular weight is 415 g/mol. The molecule has 2 N–H and O–H groups in total. The Kier molecular flexibility index (Phi) is 5.64. The van der Waals surface area contributed by atoms with Crippen LogP contribution in [0.2, 0.25) is 0 Å². The van der Waals surface area contributed by atoms with Crippen molar-refractivity contribution in [2.75, 3.05) is 38.1 Å².